The summed E-state index contributed by atoms with van der Waals surface area (Å²) in [6.07, 6.45) is 2.30. The minimum absolute atomic E-state index is 0.277. The molecule has 10 heteroatoms. The van der Waals surface area contributed by atoms with Crippen LogP contribution in [0, 0.1) is 0 Å². The smallest absolute Gasteiger partial charge is 0.243 e. The van der Waals surface area contributed by atoms with Crippen LogP contribution in [-0.4, -0.2) is 50.5 Å². The Morgan fingerprint density at radius 3 is 2.55 bits per heavy atom. The van der Waals surface area contributed by atoms with Gasteiger partial charge in [0.15, 0.2) is 5.16 Å². The highest BCUT2D eigenvalue weighted by Gasteiger charge is 2.31. The quantitative estimate of drug-likeness (QED) is 0.356. The molecule has 0 spiro atoms. The molecule has 1 saturated carbocycles. The maximum absolute atomic E-state index is 12.9. The van der Waals surface area contributed by atoms with Gasteiger partial charge in [-0.25, -0.2) is 13.4 Å². The molecule has 0 radical (unpaired) electrons. The number of aromatic nitrogens is 5. The highest BCUT2D eigenvalue weighted by molar-refractivity contribution is 7.98. The molecule has 4 aromatic rings. The first-order valence-electron chi connectivity index (χ1n) is 11.1. The van der Waals surface area contributed by atoms with Crippen LogP contribution in [0.1, 0.15) is 44.3 Å². The van der Waals surface area contributed by atoms with Crippen molar-refractivity contribution >= 4 is 32.8 Å². The van der Waals surface area contributed by atoms with Crippen molar-refractivity contribution in [1.29, 1.82) is 0 Å². The Balaban J connectivity index is 1.40. The van der Waals surface area contributed by atoms with E-state index in [9.17, 15) is 8.42 Å². The van der Waals surface area contributed by atoms with E-state index in [1.165, 1.54) is 4.31 Å². The Labute approximate surface area is 197 Å². The molecule has 1 aliphatic carbocycles. The second kappa shape index (κ2) is 8.92. The molecule has 0 amide bonds. The summed E-state index contributed by atoms with van der Waals surface area (Å²) >= 11 is 1.57. The largest absolute Gasteiger partial charge is 0.341 e. The van der Waals surface area contributed by atoms with Crippen molar-refractivity contribution in [2.45, 2.75) is 48.4 Å². The van der Waals surface area contributed by atoms with Gasteiger partial charge in [0.25, 0.3) is 0 Å². The lowest BCUT2D eigenvalue weighted by Gasteiger charge is -2.18. The second-order valence-corrected chi connectivity index (χ2v) is 10.9. The molecule has 0 bridgehead atoms. The number of benzene rings is 2. The number of para-hydroxylation sites is 1. The van der Waals surface area contributed by atoms with Gasteiger partial charge in [-0.05, 0) is 43.2 Å². The van der Waals surface area contributed by atoms with Gasteiger partial charge >= 0.3 is 0 Å². The highest BCUT2D eigenvalue weighted by Crippen LogP contribution is 2.41. The zero-order valence-electron chi connectivity index (χ0n) is 18.6. The maximum Gasteiger partial charge on any atom is 0.243 e. The molecule has 1 N–H and O–H groups in total. The summed E-state index contributed by atoms with van der Waals surface area (Å²) in [6.45, 7) is 4.56. The van der Waals surface area contributed by atoms with Crippen LogP contribution in [0.4, 0.5) is 0 Å². The Bertz CT molecular complexity index is 1370. The number of thioether (sulfide) groups is 1. The molecule has 172 valence electrons. The van der Waals surface area contributed by atoms with Crippen molar-refractivity contribution in [3.8, 4) is 5.69 Å². The monoisotopic (exact) mass is 482 g/mol. The van der Waals surface area contributed by atoms with Crippen molar-refractivity contribution in [1.82, 2.24) is 29.0 Å². The number of hydrogen-bond donors (Lipinski definition) is 1. The molecule has 1 fully saturated rings. The molecule has 0 atom stereocenters. The van der Waals surface area contributed by atoms with Gasteiger partial charge in [0, 0.05) is 24.7 Å². The van der Waals surface area contributed by atoms with E-state index in [2.05, 4.69) is 36.9 Å². The van der Waals surface area contributed by atoms with E-state index in [-0.39, 0.29) is 4.90 Å². The number of hydrogen-bond acceptors (Lipinski definition) is 6. The van der Waals surface area contributed by atoms with Gasteiger partial charge in [0.1, 0.15) is 11.6 Å². The fraction of sp³-hybridized carbons (Fsp3) is 0.348. The number of imidazole rings is 1. The molecule has 1 aliphatic rings. The Morgan fingerprint density at radius 1 is 1.09 bits per heavy atom. The van der Waals surface area contributed by atoms with Gasteiger partial charge in [0.05, 0.1) is 21.7 Å². The lowest BCUT2D eigenvalue weighted by molar-refractivity contribution is 0.445. The summed E-state index contributed by atoms with van der Waals surface area (Å²) in [5, 5.41) is 9.75. The Morgan fingerprint density at radius 2 is 1.85 bits per heavy atom. The standard InChI is InChI=1S/C23H26N6O2S2/c1-3-28(4-2)33(30,31)18-12-13-19-20(14-18)25-21(24-19)15-32-23-27-26-22(16-10-11-16)29(23)17-8-6-5-7-9-17/h5-9,12-14,16H,3-4,10-11,15H2,1-2H3,(H,24,25). The zero-order chi connectivity index (χ0) is 23.0. The van der Waals surface area contributed by atoms with Crippen LogP contribution >= 0.6 is 11.8 Å². The number of sulfonamides is 1. The number of nitrogens with one attached hydrogen (secondary N) is 1. The average molecular weight is 483 g/mol. The molecule has 2 aromatic carbocycles. The number of H-pyrrole nitrogens is 1. The first kappa shape index (κ1) is 22.1. The summed E-state index contributed by atoms with van der Waals surface area (Å²) in [4.78, 5) is 8.21. The van der Waals surface area contributed by atoms with Crippen LogP contribution in [-0.2, 0) is 15.8 Å². The van der Waals surface area contributed by atoms with E-state index in [4.69, 9.17) is 0 Å². The third-order valence-corrected chi connectivity index (χ3v) is 8.78. The van der Waals surface area contributed by atoms with Gasteiger partial charge in [-0.15, -0.1) is 10.2 Å². The van der Waals surface area contributed by atoms with Gasteiger partial charge in [-0.1, -0.05) is 43.8 Å². The van der Waals surface area contributed by atoms with Crippen LogP contribution in [0.15, 0.2) is 58.6 Å². The number of nitrogens with zero attached hydrogens (tertiary/aromatic N) is 5. The van der Waals surface area contributed by atoms with Crippen molar-refractivity contribution in [3.05, 3.63) is 60.2 Å². The predicted octanol–water partition coefficient (Wildman–Crippen LogP) is 4.34. The molecule has 0 unspecified atom stereocenters. The first-order chi connectivity index (χ1) is 16.0. The van der Waals surface area contributed by atoms with Crippen LogP contribution in [0.25, 0.3) is 16.7 Å². The van der Waals surface area contributed by atoms with Crippen LogP contribution < -0.4 is 0 Å². The average Bonchev–Trinajstić information content (AvgIpc) is 3.45. The van der Waals surface area contributed by atoms with E-state index in [0.717, 1.165) is 40.9 Å². The van der Waals surface area contributed by atoms with Crippen molar-refractivity contribution in [2.75, 3.05) is 13.1 Å². The first-order valence-corrected chi connectivity index (χ1v) is 13.6. The summed E-state index contributed by atoms with van der Waals surface area (Å²) in [5.41, 5.74) is 2.51. The van der Waals surface area contributed by atoms with Crippen LogP contribution in [0.5, 0.6) is 0 Å². The molecule has 2 aromatic heterocycles. The topological polar surface area (TPSA) is 96.8 Å². The number of rotatable bonds is 9. The minimum atomic E-state index is -3.52. The molecule has 5 rings (SSSR count). The minimum Gasteiger partial charge on any atom is -0.341 e. The third kappa shape index (κ3) is 4.30. The van der Waals surface area contributed by atoms with Crippen molar-refractivity contribution in [3.63, 3.8) is 0 Å². The summed E-state index contributed by atoms with van der Waals surface area (Å²) < 4.78 is 29.3. The summed E-state index contributed by atoms with van der Waals surface area (Å²) in [7, 11) is -3.52. The van der Waals surface area contributed by atoms with E-state index in [1.54, 1.807) is 30.0 Å². The van der Waals surface area contributed by atoms with Gasteiger partial charge in [0.2, 0.25) is 10.0 Å². The molecule has 8 nitrogen and oxygen atoms in total. The highest BCUT2D eigenvalue weighted by atomic mass is 32.2. The van der Waals surface area contributed by atoms with Crippen molar-refractivity contribution in [2.24, 2.45) is 0 Å². The summed E-state index contributed by atoms with van der Waals surface area (Å²) in [6, 6.07) is 15.2. The van der Waals surface area contributed by atoms with E-state index >= 15 is 0 Å². The van der Waals surface area contributed by atoms with Gasteiger partial charge in [-0.3, -0.25) is 4.57 Å². The lowest BCUT2D eigenvalue weighted by atomic mass is 10.3. The fourth-order valence-electron chi connectivity index (χ4n) is 3.92. The van der Waals surface area contributed by atoms with Crippen LogP contribution in [0.2, 0.25) is 0 Å². The van der Waals surface area contributed by atoms with Crippen molar-refractivity contribution < 1.29 is 8.42 Å². The number of aromatic amines is 1. The van der Waals surface area contributed by atoms with Crippen LogP contribution in [0.3, 0.4) is 0 Å². The zero-order valence-corrected chi connectivity index (χ0v) is 20.2. The molecule has 33 heavy (non-hydrogen) atoms. The Kier molecular flexibility index (Phi) is 5.98. The second-order valence-electron chi connectivity index (χ2n) is 8.03. The van der Waals surface area contributed by atoms with Gasteiger partial charge < -0.3 is 4.98 Å². The molecular formula is C23H26N6O2S2. The number of fused-ring (bicyclic) bond motifs is 1. The normalized spacial score (nSPS) is 14.4. The molecular weight excluding hydrogens is 456 g/mol. The van der Waals surface area contributed by atoms with Gasteiger partial charge in [-0.2, -0.15) is 4.31 Å². The maximum atomic E-state index is 12.9. The molecule has 0 saturated heterocycles. The van der Waals surface area contributed by atoms with E-state index in [0.29, 0.717) is 30.3 Å². The third-order valence-electron chi connectivity index (χ3n) is 5.80. The lowest BCUT2D eigenvalue weighted by Crippen LogP contribution is -2.30. The molecule has 2 heterocycles. The fourth-order valence-corrected chi connectivity index (χ4v) is 6.23. The summed E-state index contributed by atoms with van der Waals surface area (Å²) in [5.74, 6) is 2.83. The molecule has 0 aliphatic heterocycles. The Hall–Kier alpha value is -2.69. The SMILES string of the molecule is CCN(CC)S(=O)(=O)c1ccc2nc(CSc3nnc(C4CC4)n3-c3ccccc3)[nH]c2c1. The van der Waals surface area contributed by atoms with E-state index < -0.39 is 10.0 Å². The predicted molar refractivity (Wildman–Crippen MR) is 129 cm³/mol. The van der Waals surface area contributed by atoms with E-state index in [1.807, 2.05) is 32.0 Å².